The Kier molecular flexibility index (Phi) is 7.10. The average molecular weight is 372 g/mol. The van der Waals surface area contributed by atoms with Crippen molar-refractivity contribution in [2.75, 3.05) is 26.8 Å². The smallest absolute Gasteiger partial charge is 0.317 e. The zero-order valence-corrected chi connectivity index (χ0v) is 15.8. The molecule has 0 saturated carbocycles. The molecule has 1 aliphatic heterocycles. The molecule has 0 radical (unpaired) electrons. The first-order valence-electron chi connectivity index (χ1n) is 9.47. The lowest BCUT2D eigenvalue weighted by Gasteiger charge is -2.26. The fraction of sp³-hybridized carbons (Fsp3) is 0.500. The molecule has 1 aliphatic rings. The van der Waals surface area contributed by atoms with Crippen LogP contribution in [-0.2, 0) is 17.8 Å². The van der Waals surface area contributed by atoms with Gasteiger partial charge in [-0.15, -0.1) is 0 Å². The van der Waals surface area contributed by atoms with Crippen LogP contribution in [0.2, 0.25) is 0 Å². The molecule has 1 aromatic heterocycles. The predicted octanol–water partition coefficient (Wildman–Crippen LogP) is 2.67. The van der Waals surface area contributed by atoms with Gasteiger partial charge in [-0.05, 0) is 37.0 Å². The zero-order valence-electron chi connectivity index (χ0n) is 15.8. The number of methoxy groups -OCH3 is 1. The van der Waals surface area contributed by atoms with Crippen LogP contribution in [0.5, 0.6) is 5.75 Å². The molecule has 1 saturated heterocycles. The van der Waals surface area contributed by atoms with Crippen LogP contribution in [0.15, 0.2) is 43.0 Å². The highest BCUT2D eigenvalue weighted by molar-refractivity contribution is 5.74. The minimum Gasteiger partial charge on any atom is -0.497 e. The van der Waals surface area contributed by atoms with Gasteiger partial charge in [0, 0.05) is 45.2 Å². The summed E-state index contributed by atoms with van der Waals surface area (Å²) in [4.78, 5) is 18.6. The third kappa shape index (κ3) is 5.99. The minimum atomic E-state index is -0.0565. The van der Waals surface area contributed by atoms with E-state index in [1.807, 2.05) is 39.9 Å². The summed E-state index contributed by atoms with van der Waals surface area (Å²) in [5.41, 5.74) is 1.04. The van der Waals surface area contributed by atoms with E-state index in [2.05, 4.69) is 10.3 Å². The quantitative estimate of drug-likeness (QED) is 0.687. The lowest BCUT2D eigenvalue weighted by molar-refractivity contribution is 0.0794. The summed E-state index contributed by atoms with van der Waals surface area (Å²) in [5.74, 6) is 0.797. The molecule has 1 aromatic carbocycles. The van der Waals surface area contributed by atoms with Crippen LogP contribution >= 0.6 is 0 Å². The van der Waals surface area contributed by atoms with Gasteiger partial charge < -0.3 is 24.3 Å². The number of carbonyl (C=O) groups is 1. The number of rotatable bonds is 9. The Bertz CT molecular complexity index is 699. The summed E-state index contributed by atoms with van der Waals surface area (Å²) >= 11 is 0. The van der Waals surface area contributed by atoms with E-state index in [-0.39, 0.29) is 12.1 Å². The maximum absolute atomic E-state index is 12.8. The van der Waals surface area contributed by atoms with Crippen molar-refractivity contribution >= 4 is 6.03 Å². The van der Waals surface area contributed by atoms with Crippen molar-refractivity contribution in [3.63, 3.8) is 0 Å². The molecule has 0 bridgehead atoms. The molecule has 3 rings (SSSR count). The lowest BCUT2D eigenvalue weighted by atomic mass is 10.2. The van der Waals surface area contributed by atoms with Crippen molar-refractivity contribution < 1.29 is 14.3 Å². The second kappa shape index (κ2) is 9.97. The summed E-state index contributed by atoms with van der Waals surface area (Å²) in [6.45, 7) is 3.37. The molecule has 146 valence electrons. The number of aromatic nitrogens is 2. The zero-order chi connectivity index (χ0) is 18.9. The SMILES string of the molecule is COc1cccc(CN(CC2CCCO2)C(=O)NCCCn2ccnc2)c1. The number of hydrogen-bond acceptors (Lipinski definition) is 4. The van der Waals surface area contributed by atoms with E-state index < -0.39 is 0 Å². The van der Waals surface area contributed by atoms with Crippen LogP contribution in [-0.4, -0.2) is 53.4 Å². The summed E-state index contributed by atoms with van der Waals surface area (Å²) < 4.78 is 13.0. The van der Waals surface area contributed by atoms with Crippen LogP contribution in [0, 0.1) is 0 Å². The number of amides is 2. The molecule has 1 atom stereocenters. The molecule has 0 spiro atoms. The Labute approximate surface area is 160 Å². The maximum atomic E-state index is 12.8. The standard InChI is InChI=1S/C20H28N4O3/c1-26-18-6-2-5-17(13-18)14-24(15-19-7-3-12-27-19)20(25)22-8-4-10-23-11-9-21-16-23/h2,5-6,9,11,13,16,19H,3-4,7-8,10,12,14-15H2,1H3,(H,22,25). The van der Waals surface area contributed by atoms with Gasteiger partial charge in [0.2, 0.25) is 0 Å². The summed E-state index contributed by atoms with van der Waals surface area (Å²) in [7, 11) is 1.65. The van der Waals surface area contributed by atoms with Crippen molar-refractivity contribution in [2.45, 2.75) is 38.5 Å². The third-order valence-corrected chi connectivity index (χ3v) is 4.67. The van der Waals surface area contributed by atoms with Gasteiger partial charge in [0.1, 0.15) is 5.75 Å². The number of nitrogens with zero attached hydrogens (tertiary/aromatic N) is 3. The highest BCUT2D eigenvalue weighted by Gasteiger charge is 2.22. The molecule has 7 nitrogen and oxygen atoms in total. The third-order valence-electron chi connectivity index (χ3n) is 4.67. The van der Waals surface area contributed by atoms with Gasteiger partial charge in [0.05, 0.1) is 19.5 Å². The summed E-state index contributed by atoms with van der Waals surface area (Å²) in [5, 5.41) is 3.03. The van der Waals surface area contributed by atoms with Crippen LogP contribution in [0.1, 0.15) is 24.8 Å². The molecule has 1 unspecified atom stereocenters. The number of carbonyl (C=O) groups excluding carboxylic acids is 1. The van der Waals surface area contributed by atoms with E-state index in [1.165, 1.54) is 0 Å². The predicted molar refractivity (Wildman–Crippen MR) is 103 cm³/mol. The van der Waals surface area contributed by atoms with E-state index in [0.717, 1.165) is 43.7 Å². The fourth-order valence-corrected chi connectivity index (χ4v) is 3.23. The van der Waals surface area contributed by atoms with Crippen LogP contribution in [0.4, 0.5) is 4.79 Å². The van der Waals surface area contributed by atoms with Gasteiger partial charge in [-0.2, -0.15) is 0 Å². The molecule has 2 amide bonds. The molecule has 1 fully saturated rings. The van der Waals surface area contributed by atoms with Crippen LogP contribution in [0.25, 0.3) is 0 Å². The van der Waals surface area contributed by atoms with Crippen molar-refractivity contribution in [3.8, 4) is 5.75 Å². The van der Waals surface area contributed by atoms with E-state index in [1.54, 1.807) is 19.6 Å². The van der Waals surface area contributed by atoms with Gasteiger partial charge >= 0.3 is 6.03 Å². The van der Waals surface area contributed by atoms with Gasteiger partial charge in [0.25, 0.3) is 0 Å². The monoisotopic (exact) mass is 372 g/mol. The molecule has 2 heterocycles. The van der Waals surface area contributed by atoms with E-state index in [0.29, 0.717) is 19.6 Å². The Morgan fingerprint density at radius 1 is 1.48 bits per heavy atom. The van der Waals surface area contributed by atoms with Gasteiger partial charge in [0.15, 0.2) is 0 Å². The number of urea groups is 1. The Balaban J connectivity index is 1.55. The first-order valence-corrected chi connectivity index (χ1v) is 9.47. The Morgan fingerprint density at radius 3 is 3.15 bits per heavy atom. The number of hydrogen-bond donors (Lipinski definition) is 1. The minimum absolute atomic E-state index is 0.0565. The number of aryl methyl sites for hydroxylation is 1. The Morgan fingerprint density at radius 2 is 2.41 bits per heavy atom. The molecule has 0 aliphatic carbocycles. The lowest BCUT2D eigenvalue weighted by Crippen LogP contribution is -2.43. The summed E-state index contributed by atoms with van der Waals surface area (Å²) in [6, 6.07) is 7.77. The largest absolute Gasteiger partial charge is 0.497 e. The summed E-state index contributed by atoms with van der Waals surface area (Å²) in [6.07, 6.45) is 8.51. The van der Waals surface area contributed by atoms with Crippen LogP contribution < -0.4 is 10.1 Å². The van der Waals surface area contributed by atoms with Gasteiger partial charge in [-0.25, -0.2) is 9.78 Å². The highest BCUT2D eigenvalue weighted by atomic mass is 16.5. The van der Waals surface area contributed by atoms with Gasteiger partial charge in [-0.1, -0.05) is 12.1 Å². The van der Waals surface area contributed by atoms with E-state index in [4.69, 9.17) is 9.47 Å². The van der Waals surface area contributed by atoms with Crippen LogP contribution in [0.3, 0.4) is 0 Å². The van der Waals surface area contributed by atoms with E-state index in [9.17, 15) is 4.79 Å². The first kappa shape index (κ1) is 19.2. The maximum Gasteiger partial charge on any atom is 0.317 e. The number of imidazole rings is 1. The molecule has 7 heteroatoms. The number of nitrogens with one attached hydrogen (secondary N) is 1. The first-order chi connectivity index (χ1) is 13.2. The molecule has 27 heavy (non-hydrogen) atoms. The van der Waals surface area contributed by atoms with Crippen molar-refractivity contribution in [1.82, 2.24) is 19.8 Å². The molecular formula is C20H28N4O3. The number of benzene rings is 1. The Hall–Kier alpha value is -2.54. The average Bonchev–Trinajstić information content (AvgIpc) is 3.39. The normalized spacial score (nSPS) is 16.3. The second-order valence-electron chi connectivity index (χ2n) is 6.75. The number of ether oxygens (including phenoxy) is 2. The van der Waals surface area contributed by atoms with Crippen molar-refractivity contribution in [1.29, 1.82) is 0 Å². The van der Waals surface area contributed by atoms with E-state index >= 15 is 0 Å². The van der Waals surface area contributed by atoms with Crippen molar-refractivity contribution in [3.05, 3.63) is 48.5 Å². The second-order valence-corrected chi connectivity index (χ2v) is 6.75. The fourth-order valence-electron chi connectivity index (χ4n) is 3.23. The molecule has 2 aromatic rings. The highest BCUT2D eigenvalue weighted by Crippen LogP contribution is 2.18. The topological polar surface area (TPSA) is 68.6 Å². The van der Waals surface area contributed by atoms with Crippen molar-refractivity contribution in [2.24, 2.45) is 0 Å². The molecule has 1 N–H and O–H groups in total. The molecular weight excluding hydrogens is 344 g/mol. The van der Waals surface area contributed by atoms with Gasteiger partial charge in [-0.3, -0.25) is 0 Å².